The average Bonchev–Trinajstić information content (AvgIpc) is 2.97. The lowest BCUT2D eigenvalue weighted by Crippen LogP contribution is -2.44. The van der Waals surface area contributed by atoms with Gasteiger partial charge in [-0.3, -0.25) is 0 Å². The van der Waals surface area contributed by atoms with Crippen molar-refractivity contribution in [2.45, 2.75) is 166 Å². The molecule has 0 aromatic heterocycles. The molecule has 6 unspecified atom stereocenters. The molecule has 0 fully saturated rings. The zero-order valence-corrected chi connectivity index (χ0v) is 26.3. The van der Waals surface area contributed by atoms with E-state index in [9.17, 15) is 30.6 Å². The number of rotatable bonds is 32. The third kappa shape index (κ3) is 24.7. The van der Waals surface area contributed by atoms with Gasteiger partial charge in [0.05, 0.1) is 50.8 Å². The maximum absolute atomic E-state index is 10.5. The lowest BCUT2D eigenvalue weighted by Gasteiger charge is -2.32. The lowest BCUT2D eigenvalue weighted by atomic mass is 10.0. The van der Waals surface area contributed by atoms with Gasteiger partial charge in [-0.2, -0.15) is 0 Å². The molecule has 0 spiro atoms. The summed E-state index contributed by atoms with van der Waals surface area (Å²) in [6.07, 6.45) is 12.5. The molecule has 248 valence electrons. The molecule has 9 heteroatoms. The Kier molecular flexibility index (Phi) is 29.4. The van der Waals surface area contributed by atoms with Crippen molar-refractivity contribution in [2.24, 2.45) is 0 Å². The Labute approximate surface area is 250 Å². The fourth-order valence-electron chi connectivity index (χ4n) is 4.85. The maximum Gasteiger partial charge on any atom is 0.103 e. The normalized spacial score (nSPS) is 16.4. The summed E-state index contributed by atoms with van der Waals surface area (Å²) in [4.78, 5) is 0. The van der Waals surface area contributed by atoms with Gasteiger partial charge < -0.3 is 44.8 Å². The van der Waals surface area contributed by atoms with Crippen molar-refractivity contribution in [3.05, 3.63) is 0 Å². The molecule has 0 aliphatic rings. The highest BCUT2D eigenvalue weighted by Gasteiger charge is 2.31. The van der Waals surface area contributed by atoms with E-state index < -0.39 is 49.8 Å². The quantitative estimate of drug-likeness (QED) is 0.0628. The molecular formula is C32H66O9. The third-order valence-electron chi connectivity index (χ3n) is 7.50. The number of hydrogen-bond donors (Lipinski definition) is 6. The van der Waals surface area contributed by atoms with E-state index in [1.54, 1.807) is 0 Å². The first kappa shape index (κ1) is 40.6. The number of unbranched alkanes of at least 4 members (excludes halogenated alkanes) is 14. The summed E-state index contributed by atoms with van der Waals surface area (Å²) in [6, 6.07) is 0. The van der Waals surface area contributed by atoms with Crippen LogP contribution in [-0.4, -0.2) is 107 Å². The Hall–Kier alpha value is -0.360. The van der Waals surface area contributed by atoms with E-state index >= 15 is 0 Å². The topological polar surface area (TPSA) is 149 Å². The van der Waals surface area contributed by atoms with Crippen molar-refractivity contribution in [3.8, 4) is 0 Å². The molecule has 0 saturated heterocycles. The summed E-state index contributed by atoms with van der Waals surface area (Å²) in [6.45, 7) is 4.44. The van der Waals surface area contributed by atoms with Gasteiger partial charge in [-0.05, 0) is 12.8 Å². The van der Waals surface area contributed by atoms with Gasteiger partial charge in [0.15, 0.2) is 0 Å². The highest BCUT2D eigenvalue weighted by atomic mass is 16.5. The summed E-state index contributed by atoms with van der Waals surface area (Å²) < 4.78 is 17.0. The van der Waals surface area contributed by atoms with Gasteiger partial charge in [0.2, 0.25) is 0 Å². The monoisotopic (exact) mass is 594 g/mol. The van der Waals surface area contributed by atoms with Crippen LogP contribution in [0.5, 0.6) is 0 Å². The van der Waals surface area contributed by atoms with Gasteiger partial charge >= 0.3 is 0 Å². The summed E-state index contributed by atoms with van der Waals surface area (Å²) in [7, 11) is 0. The standard InChI is InChI=1S/C32H66O9/c1-3-5-7-9-11-13-15-17-19-39-25-27(35)21-31(29(37)23-33)41-32(30(38)24-34)22-28(36)26-40-20-18-16-14-12-10-8-6-4-2/h27-38H,3-26H2,1-2H3. The molecule has 0 bridgehead atoms. The van der Waals surface area contributed by atoms with E-state index in [1.165, 1.54) is 77.0 Å². The summed E-state index contributed by atoms with van der Waals surface area (Å²) in [5, 5.41) is 60.5. The molecule has 0 aromatic carbocycles. The molecule has 6 N–H and O–H groups in total. The van der Waals surface area contributed by atoms with Crippen molar-refractivity contribution >= 4 is 0 Å². The minimum absolute atomic E-state index is 0.0289. The second-order valence-electron chi connectivity index (χ2n) is 11.6. The Bertz CT molecular complexity index is 481. The SMILES string of the molecule is CCCCCCCCCCOCC(O)CC(OC(CC(O)COCCCCCCCCCC)C(O)CO)C(O)CO. The Morgan fingerprint density at radius 1 is 0.463 bits per heavy atom. The van der Waals surface area contributed by atoms with Crippen LogP contribution in [-0.2, 0) is 14.2 Å². The molecular weight excluding hydrogens is 528 g/mol. The molecule has 0 rings (SSSR count). The highest BCUT2D eigenvalue weighted by molar-refractivity contribution is 4.79. The van der Waals surface area contributed by atoms with Crippen LogP contribution in [0.3, 0.4) is 0 Å². The number of aliphatic hydroxyl groups excluding tert-OH is 6. The van der Waals surface area contributed by atoms with Crippen LogP contribution in [0.25, 0.3) is 0 Å². The number of ether oxygens (including phenoxy) is 3. The predicted octanol–water partition coefficient (Wildman–Crippen LogP) is 4.26. The average molecular weight is 595 g/mol. The van der Waals surface area contributed by atoms with E-state index in [0.29, 0.717) is 13.2 Å². The van der Waals surface area contributed by atoms with Crippen LogP contribution < -0.4 is 0 Å². The van der Waals surface area contributed by atoms with Crippen molar-refractivity contribution in [1.29, 1.82) is 0 Å². The zero-order valence-electron chi connectivity index (χ0n) is 26.3. The smallest absolute Gasteiger partial charge is 0.103 e. The van der Waals surface area contributed by atoms with E-state index in [1.807, 2.05) is 0 Å². The fraction of sp³-hybridized carbons (Fsp3) is 1.00. The number of hydrogen-bond acceptors (Lipinski definition) is 9. The second kappa shape index (κ2) is 29.7. The maximum atomic E-state index is 10.5. The molecule has 6 atom stereocenters. The highest BCUT2D eigenvalue weighted by Crippen LogP contribution is 2.18. The third-order valence-corrected chi connectivity index (χ3v) is 7.50. The summed E-state index contributed by atoms with van der Waals surface area (Å²) in [5.74, 6) is 0. The second-order valence-corrected chi connectivity index (χ2v) is 11.6. The number of aliphatic hydroxyl groups is 6. The zero-order chi connectivity index (χ0) is 30.6. The summed E-state index contributed by atoms with van der Waals surface area (Å²) in [5.41, 5.74) is 0. The molecule has 0 heterocycles. The first-order chi connectivity index (χ1) is 19.9. The van der Waals surface area contributed by atoms with Crippen molar-refractivity contribution in [1.82, 2.24) is 0 Å². The van der Waals surface area contributed by atoms with Crippen LogP contribution >= 0.6 is 0 Å². The first-order valence-corrected chi connectivity index (χ1v) is 16.6. The molecule has 41 heavy (non-hydrogen) atoms. The molecule has 0 amide bonds. The van der Waals surface area contributed by atoms with Gasteiger partial charge in [0, 0.05) is 26.1 Å². The van der Waals surface area contributed by atoms with Gasteiger partial charge in [0.25, 0.3) is 0 Å². The van der Waals surface area contributed by atoms with Crippen LogP contribution in [0.15, 0.2) is 0 Å². The largest absolute Gasteiger partial charge is 0.394 e. The van der Waals surface area contributed by atoms with Crippen molar-refractivity contribution < 1.29 is 44.8 Å². The molecule has 0 aliphatic carbocycles. The van der Waals surface area contributed by atoms with Crippen molar-refractivity contribution in [2.75, 3.05) is 39.6 Å². The van der Waals surface area contributed by atoms with Crippen LogP contribution in [0.4, 0.5) is 0 Å². The van der Waals surface area contributed by atoms with Crippen molar-refractivity contribution in [3.63, 3.8) is 0 Å². The van der Waals surface area contributed by atoms with Gasteiger partial charge in [-0.15, -0.1) is 0 Å². The Morgan fingerprint density at radius 2 is 0.780 bits per heavy atom. The Balaban J connectivity index is 4.39. The Morgan fingerprint density at radius 3 is 1.10 bits per heavy atom. The fourth-order valence-corrected chi connectivity index (χ4v) is 4.85. The van der Waals surface area contributed by atoms with Gasteiger partial charge in [-0.1, -0.05) is 104 Å². The summed E-state index contributed by atoms with van der Waals surface area (Å²) >= 11 is 0. The molecule has 0 saturated carbocycles. The molecule has 0 aromatic rings. The van der Waals surface area contributed by atoms with E-state index in [-0.39, 0.29) is 26.1 Å². The lowest BCUT2D eigenvalue weighted by molar-refractivity contribution is -0.156. The van der Waals surface area contributed by atoms with E-state index in [0.717, 1.165) is 25.7 Å². The van der Waals surface area contributed by atoms with Crippen LogP contribution in [0, 0.1) is 0 Å². The minimum atomic E-state index is -1.30. The van der Waals surface area contributed by atoms with Crippen LogP contribution in [0.1, 0.15) is 129 Å². The van der Waals surface area contributed by atoms with Gasteiger partial charge in [0.1, 0.15) is 12.2 Å². The van der Waals surface area contributed by atoms with Crippen LogP contribution in [0.2, 0.25) is 0 Å². The van der Waals surface area contributed by atoms with E-state index in [2.05, 4.69) is 13.8 Å². The minimum Gasteiger partial charge on any atom is -0.394 e. The molecule has 9 nitrogen and oxygen atoms in total. The van der Waals surface area contributed by atoms with Gasteiger partial charge in [-0.25, -0.2) is 0 Å². The molecule has 0 radical (unpaired) electrons. The molecule has 0 aliphatic heterocycles. The first-order valence-electron chi connectivity index (χ1n) is 16.6. The predicted molar refractivity (Wildman–Crippen MR) is 163 cm³/mol. The van der Waals surface area contributed by atoms with E-state index in [4.69, 9.17) is 14.2 Å².